The Morgan fingerprint density at radius 2 is 2.17 bits per heavy atom. The van der Waals surface area contributed by atoms with Crippen LogP contribution >= 0.6 is 11.3 Å². The smallest absolute Gasteiger partial charge is 0.151 e. The first-order valence-corrected chi connectivity index (χ1v) is 4.35. The highest BCUT2D eigenvalue weighted by molar-refractivity contribution is 7.17. The summed E-state index contributed by atoms with van der Waals surface area (Å²) in [5.41, 5.74) is 0.637. The number of hydrogen-bond acceptors (Lipinski definition) is 3. The highest BCUT2D eigenvalue weighted by Gasteiger charge is 2.04. The van der Waals surface area contributed by atoms with Crippen molar-refractivity contribution in [1.82, 2.24) is 0 Å². The first-order chi connectivity index (χ1) is 5.83. The molecule has 0 unspecified atom stereocenters. The SMILES string of the molecule is O=Cc1ccc(O)c2ccsc12. The van der Waals surface area contributed by atoms with E-state index in [-0.39, 0.29) is 5.75 Å². The van der Waals surface area contributed by atoms with Crippen LogP contribution in [0.25, 0.3) is 10.1 Å². The second kappa shape index (κ2) is 2.60. The van der Waals surface area contributed by atoms with Crippen LogP contribution in [0.15, 0.2) is 23.6 Å². The van der Waals surface area contributed by atoms with Gasteiger partial charge >= 0.3 is 0 Å². The number of rotatable bonds is 1. The van der Waals surface area contributed by atoms with Crippen molar-refractivity contribution in [3.05, 3.63) is 29.1 Å². The third-order valence-electron chi connectivity index (χ3n) is 1.75. The van der Waals surface area contributed by atoms with Crippen LogP contribution in [0.5, 0.6) is 5.75 Å². The van der Waals surface area contributed by atoms with E-state index in [1.54, 1.807) is 12.1 Å². The van der Waals surface area contributed by atoms with E-state index in [1.807, 2.05) is 11.4 Å². The van der Waals surface area contributed by atoms with E-state index in [0.29, 0.717) is 5.56 Å². The molecule has 0 saturated carbocycles. The normalized spacial score (nSPS) is 10.3. The first kappa shape index (κ1) is 7.31. The largest absolute Gasteiger partial charge is 0.507 e. The molecule has 2 nitrogen and oxygen atoms in total. The van der Waals surface area contributed by atoms with Crippen LogP contribution < -0.4 is 0 Å². The molecule has 0 aliphatic carbocycles. The van der Waals surface area contributed by atoms with Crippen LogP contribution in [0, 0.1) is 0 Å². The van der Waals surface area contributed by atoms with E-state index >= 15 is 0 Å². The van der Waals surface area contributed by atoms with Crippen molar-refractivity contribution < 1.29 is 9.90 Å². The van der Waals surface area contributed by atoms with Gasteiger partial charge in [0.25, 0.3) is 0 Å². The number of fused-ring (bicyclic) bond motifs is 1. The zero-order chi connectivity index (χ0) is 8.55. The quantitative estimate of drug-likeness (QED) is 0.681. The number of carbonyl (C=O) groups is 1. The van der Waals surface area contributed by atoms with Crippen molar-refractivity contribution in [2.24, 2.45) is 0 Å². The van der Waals surface area contributed by atoms with Crippen LogP contribution in [0.3, 0.4) is 0 Å². The van der Waals surface area contributed by atoms with Gasteiger partial charge in [-0.2, -0.15) is 0 Å². The van der Waals surface area contributed by atoms with Crippen molar-refractivity contribution in [3.8, 4) is 5.75 Å². The predicted octanol–water partition coefficient (Wildman–Crippen LogP) is 2.42. The molecule has 0 amide bonds. The van der Waals surface area contributed by atoms with E-state index < -0.39 is 0 Å². The number of aromatic hydroxyl groups is 1. The number of phenolic OH excluding ortho intramolecular Hbond substituents is 1. The van der Waals surface area contributed by atoms with Crippen molar-refractivity contribution in [3.63, 3.8) is 0 Å². The summed E-state index contributed by atoms with van der Waals surface area (Å²) in [6.07, 6.45) is 0.804. The molecule has 2 aromatic rings. The fourth-order valence-corrected chi connectivity index (χ4v) is 2.05. The van der Waals surface area contributed by atoms with E-state index in [9.17, 15) is 9.90 Å². The van der Waals surface area contributed by atoms with Crippen LogP contribution in [0.1, 0.15) is 10.4 Å². The summed E-state index contributed by atoms with van der Waals surface area (Å²) in [6, 6.07) is 4.97. The standard InChI is InChI=1S/C9H6O2S/c10-5-6-1-2-8(11)7-3-4-12-9(6)7/h1-5,11H. The number of carbonyl (C=O) groups excluding carboxylic acids is 1. The third kappa shape index (κ3) is 0.905. The van der Waals surface area contributed by atoms with Gasteiger partial charge in [-0.05, 0) is 23.6 Å². The summed E-state index contributed by atoms with van der Waals surface area (Å²) in [6.45, 7) is 0. The fourth-order valence-electron chi connectivity index (χ4n) is 1.16. The average molecular weight is 178 g/mol. The summed E-state index contributed by atoms with van der Waals surface area (Å²) in [5.74, 6) is 0.233. The van der Waals surface area contributed by atoms with E-state index in [2.05, 4.69) is 0 Å². The van der Waals surface area contributed by atoms with Crippen LogP contribution in [-0.4, -0.2) is 11.4 Å². The molecule has 60 valence electrons. The number of hydrogen-bond donors (Lipinski definition) is 1. The second-order valence-electron chi connectivity index (χ2n) is 2.46. The molecule has 1 heterocycles. The zero-order valence-electron chi connectivity index (χ0n) is 6.15. The number of benzene rings is 1. The molecule has 0 radical (unpaired) electrons. The Balaban J connectivity index is 2.91. The van der Waals surface area contributed by atoms with Gasteiger partial charge < -0.3 is 5.11 Å². The first-order valence-electron chi connectivity index (χ1n) is 3.47. The lowest BCUT2D eigenvalue weighted by atomic mass is 10.2. The molecular formula is C9H6O2S. The molecule has 3 heteroatoms. The highest BCUT2D eigenvalue weighted by Crippen LogP contribution is 2.30. The fraction of sp³-hybridized carbons (Fsp3) is 0. The lowest BCUT2D eigenvalue weighted by Gasteiger charge is -1.95. The molecule has 0 saturated heterocycles. The van der Waals surface area contributed by atoms with Gasteiger partial charge in [0.2, 0.25) is 0 Å². The zero-order valence-corrected chi connectivity index (χ0v) is 6.97. The molecule has 12 heavy (non-hydrogen) atoms. The maximum absolute atomic E-state index is 10.6. The minimum absolute atomic E-state index is 0.233. The molecule has 1 aromatic carbocycles. The summed E-state index contributed by atoms with van der Waals surface area (Å²) in [7, 11) is 0. The number of phenols is 1. The molecule has 1 N–H and O–H groups in total. The highest BCUT2D eigenvalue weighted by atomic mass is 32.1. The van der Waals surface area contributed by atoms with E-state index in [4.69, 9.17) is 0 Å². The maximum atomic E-state index is 10.6. The molecule has 0 atom stereocenters. The molecule has 2 rings (SSSR count). The molecule has 1 aromatic heterocycles. The monoisotopic (exact) mass is 178 g/mol. The summed E-state index contributed by atoms with van der Waals surface area (Å²) in [4.78, 5) is 10.6. The molecule has 0 aliphatic heterocycles. The number of thiophene rings is 1. The third-order valence-corrected chi connectivity index (χ3v) is 2.71. The van der Waals surface area contributed by atoms with Gasteiger partial charge in [0.05, 0.1) is 0 Å². The van der Waals surface area contributed by atoms with Gasteiger partial charge in [-0.3, -0.25) is 4.79 Å². The van der Waals surface area contributed by atoms with Crippen LogP contribution in [-0.2, 0) is 0 Å². The summed E-state index contributed by atoms with van der Waals surface area (Å²) < 4.78 is 0.852. The van der Waals surface area contributed by atoms with Crippen molar-refractivity contribution in [2.75, 3.05) is 0 Å². The maximum Gasteiger partial charge on any atom is 0.151 e. The average Bonchev–Trinajstić information content (AvgIpc) is 2.54. The van der Waals surface area contributed by atoms with Gasteiger partial charge in [-0.15, -0.1) is 11.3 Å². The Kier molecular flexibility index (Phi) is 1.59. The molecule has 0 spiro atoms. The van der Waals surface area contributed by atoms with E-state index in [1.165, 1.54) is 11.3 Å². The van der Waals surface area contributed by atoms with Gasteiger partial charge in [-0.25, -0.2) is 0 Å². The van der Waals surface area contributed by atoms with Gasteiger partial charge in [0.1, 0.15) is 5.75 Å². The molecule has 0 fully saturated rings. The number of aldehydes is 1. The minimum atomic E-state index is 0.233. The molecule has 0 aliphatic rings. The lowest BCUT2D eigenvalue weighted by molar-refractivity contribution is 0.112. The summed E-state index contributed by atoms with van der Waals surface area (Å²) in [5, 5.41) is 12.0. The lowest BCUT2D eigenvalue weighted by Crippen LogP contribution is -1.78. The molecular weight excluding hydrogens is 172 g/mol. The Labute approximate surface area is 73.1 Å². The van der Waals surface area contributed by atoms with Crippen molar-refractivity contribution in [2.45, 2.75) is 0 Å². The van der Waals surface area contributed by atoms with E-state index in [0.717, 1.165) is 16.4 Å². The predicted molar refractivity (Wildman–Crippen MR) is 48.9 cm³/mol. The topological polar surface area (TPSA) is 37.3 Å². The van der Waals surface area contributed by atoms with Crippen molar-refractivity contribution >= 4 is 27.7 Å². The Bertz CT molecular complexity index is 431. The van der Waals surface area contributed by atoms with Gasteiger partial charge in [0, 0.05) is 15.6 Å². The van der Waals surface area contributed by atoms with Gasteiger partial charge in [0.15, 0.2) is 6.29 Å². The Morgan fingerprint density at radius 1 is 1.33 bits per heavy atom. The Hall–Kier alpha value is -1.35. The summed E-state index contributed by atoms with van der Waals surface area (Å²) >= 11 is 1.46. The van der Waals surface area contributed by atoms with Crippen LogP contribution in [0.2, 0.25) is 0 Å². The molecule has 0 bridgehead atoms. The van der Waals surface area contributed by atoms with Crippen molar-refractivity contribution in [1.29, 1.82) is 0 Å². The van der Waals surface area contributed by atoms with Crippen LogP contribution in [0.4, 0.5) is 0 Å². The minimum Gasteiger partial charge on any atom is -0.507 e. The Morgan fingerprint density at radius 3 is 2.92 bits per heavy atom. The second-order valence-corrected chi connectivity index (χ2v) is 3.37. The van der Waals surface area contributed by atoms with Gasteiger partial charge in [-0.1, -0.05) is 0 Å².